The van der Waals surface area contributed by atoms with E-state index in [4.69, 9.17) is 88.1 Å². The number of rotatable bonds is 8. The van der Waals surface area contributed by atoms with E-state index in [1.54, 1.807) is 43.6 Å². The minimum atomic E-state index is -3.22. The van der Waals surface area contributed by atoms with Gasteiger partial charge >= 0.3 is 57.2 Å². The number of aldehydes is 2. The summed E-state index contributed by atoms with van der Waals surface area (Å²) in [4.78, 5) is 33.0. The van der Waals surface area contributed by atoms with Gasteiger partial charge in [-0.25, -0.2) is 22.0 Å². The van der Waals surface area contributed by atoms with E-state index in [2.05, 4.69) is 118 Å². The van der Waals surface area contributed by atoms with Crippen LogP contribution in [0.2, 0.25) is 5.01 Å². The van der Waals surface area contributed by atoms with E-state index >= 15 is 0 Å². The van der Waals surface area contributed by atoms with Crippen LogP contribution in [-0.4, -0.2) is 117 Å². The van der Waals surface area contributed by atoms with Crippen molar-refractivity contribution in [3.63, 3.8) is 0 Å². The van der Waals surface area contributed by atoms with Gasteiger partial charge in [0.2, 0.25) is 0 Å². The van der Waals surface area contributed by atoms with E-state index in [1.807, 2.05) is 72.8 Å². The molecule has 1 aromatic heterocycles. The van der Waals surface area contributed by atoms with Crippen molar-refractivity contribution in [1.29, 1.82) is 0 Å². The minimum absolute atomic E-state index is 0. The Labute approximate surface area is 683 Å². The number of fused-ring (bicyclic) bond motifs is 5. The number of halogens is 14. The molecule has 512 valence electrons. The Hall–Kier alpha value is -1.78. The number of methoxy groups -OCH3 is 1. The molecule has 0 atom stereocenters. The third kappa shape index (κ3) is 34.1. The fraction of sp³-hybridized carbons (Fsp3) is 0.274. The summed E-state index contributed by atoms with van der Waals surface area (Å²) in [5.74, 6) is -0.375. The zero-order valence-corrected chi connectivity index (χ0v) is 65.2. The van der Waals surface area contributed by atoms with Crippen molar-refractivity contribution in [2.75, 3.05) is 7.11 Å². The fourth-order valence-corrected chi connectivity index (χ4v) is 11.0. The number of aromatic nitrogens is 1. The number of nitrogens with one attached hydrogen (secondary N) is 1. The van der Waals surface area contributed by atoms with Crippen LogP contribution in [-0.2, 0) is 76.3 Å². The van der Waals surface area contributed by atoms with Gasteiger partial charge in [0, 0.05) is 122 Å². The van der Waals surface area contributed by atoms with Crippen molar-refractivity contribution in [2.45, 2.75) is 106 Å². The summed E-state index contributed by atoms with van der Waals surface area (Å²) in [5, 5.41) is 3.95. The molecule has 4 aliphatic carbocycles. The van der Waals surface area contributed by atoms with Crippen molar-refractivity contribution < 1.29 is 104 Å². The van der Waals surface area contributed by atoms with Crippen LogP contribution in [0.4, 0.5) is 22.0 Å². The molecular weight excluding hydrogens is 1750 g/mol. The second-order valence-electron chi connectivity index (χ2n) is 19.5. The average Bonchev–Trinajstić information content (AvgIpc) is 1.71. The van der Waals surface area contributed by atoms with Gasteiger partial charge in [-0.05, 0) is 258 Å². The third-order valence-corrected chi connectivity index (χ3v) is 17.3. The van der Waals surface area contributed by atoms with Gasteiger partial charge in [0.05, 0.1) is 35.0 Å². The molecule has 0 spiro atoms. The summed E-state index contributed by atoms with van der Waals surface area (Å²) in [6.07, 6.45) is 17.7. The molecule has 15 radical (unpaired) electrons. The van der Waals surface area contributed by atoms with Gasteiger partial charge < -0.3 is 16.3 Å². The first-order valence-corrected chi connectivity index (χ1v) is 36.8. The quantitative estimate of drug-likeness (QED) is 0.0502. The topological polar surface area (TPSA) is 148 Å². The maximum absolute atomic E-state index is 13.5. The van der Waals surface area contributed by atoms with Crippen LogP contribution in [0.15, 0.2) is 120 Å². The molecule has 7 aromatic rings. The monoisotopic (exact) mass is 1810 g/mol. The first kappa shape index (κ1) is 106. The number of alkyl halides is 1. The van der Waals surface area contributed by atoms with Crippen molar-refractivity contribution in [2.24, 2.45) is 0 Å². The number of benzene rings is 6. The van der Waals surface area contributed by atoms with E-state index in [0.717, 1.165) is 109 Å². The zero-order chi connectivity index (χ0) is 70.5. The SMILES string of the molecule is C.C.C.C.C.CC(=O)O.COc1ccc(CCl)cc1.Fc1c(Br)ccc2c1CC=C2.Fc1c(Br)ccc2c1CCC2.Fc1c(Br)ccc2cc[nH]c12.O=Cc1cc2c(c(F)c1Br)CC=C2.O=Cc1cc2c(c(F)c1Br)CCC2.O=P(Cl)(Cl)Cl.[B][B]C(B([B])[B])(B([B])[B])B([B])[B].[H-].[Na+].[O]=[Mn]=[O]. The molecule has 37 heteroatoms. The Morgan fingerprint density at radius 1 is 0.657 bits per heavy atom. The van der Waals surface area contributed by atoms with Gasteiger partial charge in [0.1, 0.15) is 29.0 Å². The molecule has 9 nitrogen and oxygen atoms in total. The number of H-pyrrole nitrogens is 1. The number of carboxylic acid groups (broad SMARTS) is 1. The van der Waals surface area contributed by atoms with E-state index in [1.165, 1.54) is 5.56 Å². The van der Waals surface area contributed by atoms with Gasteiger partial charge in [-0.2, -0.15) is 5.01 Å². The number of hydrogen-bond acceptors (Lipinski definition) is 7. The van der Waals surface area contributed by atoms with Crippen molar-refractivity contribution in [3.8, 4) is 5.75 Å². The standard InChI is InChI=1S/C10H8BrFO.C10H6BrFO.C9H8BrF.C9H6BrF.C8H5BrFN.C8H9ClO.C2H4O2.CB11.5CH4.Cl3OP.Mn.Na.2O.H/c2*11-9-7(5-13)4-6-2-1-3-8(6)10(9)12;2*10-8-5-4-6-2-1-3-7(6)9(8)11;9-6-2-1-5-3-4-11-8(5)7(6)10;1-10-8-4-2-7(6-9)3-5-8;1-2(3)4;2-9-1(10(3)4,11(5)6)12(7)8;;;;;;1-5(2,3)4;;;;;/h4-5H,1-3H2;1-2,4-5H,3H2;4-5H,1-3H2;1-2,4-5H,3H2;1-4,11H;2-5H,6H2,1H3;1H3,(H,3,4);;5*1H4;;;;;;/q;;;;;;;;;;;;;;;+1;;;-1. The summed E-state index contributed by atoms with van der Waals surface area (Å²) >= 11 is 33.6. The Bertz CT molecular complexity index is 3750. The van der Waals surface area contributed by atoms with Crippen molar-refractivity contribution in [3.05, 3.63) is 210 Å². The molecule has 4 aliphatic rings. The molecule has 0 unspecified atom stereocenters. The summed E-state index contributed by atoms with van der Waals surface area (Å²) < 4.78 is 100. The molecule has 2 N–H and O–H groups in total. The molecule has 0 saturated heterocycles. The first-order valence-electron chi connectivity index (χ1n) is 26.9. The Kier molecular flexibility index (Phi) is 57.6. The predicted octanol–water partition coefficient (Wildman–Crippen LogP) is 16.6. The maximum atomic E-state index is 13.5. The number of carbonyl (C=O) groups excluding carboxylic acids is 2. The van der Waals surface area contributed by atoms with Crippen molar-refractivity contribution in [1.82, 2.24) is 4.98 Å². The summed E-state index contributed by atoms with van der Waals surface area (Å²) in [5.41, 5.74) is 9.60. The molecule has 0 aliphatic heterocycles. The van der Waals surface area contributed by atoms with Crippen molar-refractivity contribution >= 4 is 253 Å². The molecule has 1 heterocycles. The van der Waals surface area contributed by atoms with E-state index < -0.39 is 50.5 Å². The fourth-order valence-electron chi connectivity index (χ4n) is 8.87. The van der Waals surface area contributed by atoms with Crippen LogP contribution in [0.25, 0.3) is 23.1 Å². The summed E-state index contributed by atoms with van der Waals surface area (Å²) in [6.45, 7) is -1.58. The van der Waals surface area contributed by atoms with Crippen LogP contribution in [0.3, 0.4) is 0 Å². The van der Waals surface area contributed by atoms with Gasteiger partial charge in [-0.1, -0.05) is 91.8 Å². The predicted molar refractivity (Wildman–Crippen MR) is 426 cm³/mol. The van der Waals surface area contributed by atoms with Gasteiger partial charge in [-0.15, -0.1) is 11.6 Å². The normalized spacial score (nSPS) is 11.2. The van der Waals surface area contributed by atoms with Crippen LogP contribution in [0.5, 0.6) is 5.75 Å². The number of aromatic amines is 1. The van der Waals surface area contributed by atoms with E-state index in [9.17, 15) is 36.1 Å². The van der Waals surface area contributed by atoms with Gasteiger partial charge in [-0.3, -0.25) is 18.9 Å². The third-order valence-electron chi connectivity index (χ3n) is 13.5. The number of carbonyl (C=O) groups is 3. The van der Waals surface area contributed by atoms with Crippen LogP contribution >= 0.6 is 130 Å². The van der Waals surface area contributed by atoms with Gasteiger partial charge in [0.25, 0.3) is 5.97 Å². The van der Waals surface area contributed by atoms with E-state index in [0.29, 0.717) is 65.0 Å². The number of aliphatic carboxylic acids is 1. The first-order chi connectivity index (χ1) is 43.7. The molecular formula is C62H67B11Br5Cl4F5MnNNaO8P. The average molecular weight is 1820 g/mol. The Morgan fingerprint density at radius 2 is 1.05 bits per heavy atom. The van der Waals surface area contributed by atoms with Crippen LogP contribution in [0.1, 0.15) is 129 Å². The molecule has 99 heavy (non-hydrogen) atoms. The zero-order valence-electron chi connectivity index (χ0n) is 51.2. The molecule has 0 saturated carbocycles. The second-order valence-corrected chi connectivity index (χ2v) is 30.7. The summed E-state index contributed by atoms with van der Waals surface area (Å²) in [6, 6.07) is 24.0. The summed E-state index contributed by atoms with van der Waals surface area (Å²) in [7, 11) is 40.7. The number of hydrogen-bond donors (Lipinski definition) is 2. The Morgan fingerprint density at radius 3 is 1.48 bits per heavy atom. The number of aryl methyl sites for hydroxylation is 2. The number of carboxylic acids is 1. The Balaban J connectivity index is -0.000000248. The van der Waals surface area contributed by atoms with Crippen LogP contribution < -0.4 is 34.3 Å². The molecule has 6 aromatic carbocycles. The van der Waals surface area contributed by atoms with E-state index in [-0.39, 0.29) is 102 Å². The van der Waals surface area contributed by atoms with Gasteiger partial charge in [0.15, 0.2) is 18.4 Å². The van der Waals surface area contributed by atoms with Crippen LogP contribution in [0, 0.1) is 29.1 Å². The number of allylic oxidation sites excluding steroid dienone is 2. The number of ether oxygens (including phenoxy) is 1. The second kappa shape index (κ2) is 53.9. The molecule has 0 fully saturated rings. The molecule has 0 amide bonds. The molecule has 11 rings (SSSR count). The molecule has 0 bridgehead atoms.